The van der Waals surface area contributed by atoms with Crippen LogP contribution in [0.1, 0.15) is 11.1 Å². The van der Waals surface area contributed by atoms with E-state index in [1.807, 2.05) is 48.5 Å². The minimum Gasteiger partial charge on any atom is -0.493 e. The number of methoxy groups -OCH3 is 2. The highest BCUT2D eigenvalue weighted by Gasteiger charge is 2.12. The number of nitriles is 1. The Morgan fingerprint density at radius 2 is 1.75 bits per heavy atom. The van der Waals surface area contributed by atoms with E-state index < -0.39 is 0 Å². The minimum absolute atomic E-state index is 0.386. The highest BCUT2D eigenvalue weighted by Crippen LogP contribution is 2.34. The Kier molecular flexibility index (Phi) is 5.98. The summed E-state index contributed by atoms with van der Waals surface area (Å²) in [5.74, 6) is 1.89. The van der Waals surface area contributed by atoms with Crippen molar-refractivity contribution in [2.75, 3.05) is 20.8 Å². The minimum atomic E-state index is 0.386. The van der Waals surface area contributed by atoms with Crippen LogP contribution in [0, 0.1) is 11.3 Å². The topological polar surface area (TPSA) is 51.5 Å². The number of hydrogen-bond acceptors (Lipinski definition) is 4. The molecular formula is C24H21NO3. The molecule has 140 valence electrons. The van der Waals surface area contributed by atoms with Crippen LogP contribution in [0.5, 0.6) is 17.2 Å². The fourth-order valence-electron chi connectivity index (χ4n) is 3.03. The molecule has 3 rings (SSSR count). The molecular weight excluding hydrogens is 350 g/mol. The molecule has 0 aliphatic rings. The number of hydrogen-bond donors (Lipinski definition) is 0. The van der Waals surface area contributed by atoms with Gasteiger partial charge in [0.05, 0.1) is 25.9 Å². The first-order chi connectivity index (χ1) is 13.7. The second-order valence-corrected chi connectivity index (χ2v) is 6.04. The molecule has 4 heteroatoms. The van der Waals surface area contributed by atoms with E-state index in [9.17, 15) is 5.26 Å². The molecule has 0 fully saturated rings. The summed E-state index contributed by atoms with van der Waals surface area (Å²) < 4.78 is 16.5. The molecule has 0 heterocycles. The van der Waals surface area contributed by atoms with E-state index >= 15 is 0 Å². The Bertz CT molecular complexity index is 1080. The molecule has 0 aliphatic heterocycles. The lowest BCUT2D eigenvalue weighted by molar-refractivity contribution is 0.355. The molecule has 3 aromatic carbocycles. The molecule has 3 aromatic rings. The van der Waals surface area contributed by atoms with E-state index in [1.54, 1.807) is 32.4 Å². The van der Waals surface area contributed by atoms with Gasteiger partial charge in [0.25, 0.3) is 0 Å². The van der Waals surface area contributed by atoms with Crippen molar-refractivity contribution in [3.63, 3.8) is 0 Å². The van der Waals surface area contributed by atoms with Crippen LogP contribution in [0.3, 0.4) is 0 Å². The van der Waals surface area contributed by atoms with Gasteiger partial charge >= 0.3 is 0 Å². The highest BCUT2D eigenvalue weighted by atomic mass is 16.5. The van der Waals surface area contributed by atoms with Gasteiger partial charge in [0, 0.05) is 5.56 Å². The largest absolute Gasteiger partial charge is 0.493 e. The predicted octanol–water partition coefficient (Wildman–Crippen LogP) is 5.49. The fraction of sp³-hybridized carbons (Fsp3) is 0.125. The van der Waals surface area contributed by atoms with Crippen molar-refractivity contribution in [3.8, 4) is 23.3 Å². The summed E-state index contributed by atoms with van der Waals surface area (Å²) in [5.41, 5.74) is 2.09. The van der Waals surface area contributed by atoms with Gasteiger partial charge in [-0.1, -0.05) is 43.0 Å². The summed E-state index contributed by atoms with van der Waals surface area (Å²) in [4.78, 5) is 0. The lowest BCUT2D eigenvalue weighted by Crippen LogP contribution is -1.96. The quantitative estimate of drug-likeness (QED) is 0.313. The van der Waals surface area contributed by atoms with Gasteiger partial charge in [-0.15, -0.1) is 0 Å². The summed E-state index contributed by atoms with van der Waals surface area (Å²) in [6, 6.07) is 19.7. The Morgan fingerprint density at radius 1 is 1.00 bits per heavy atom. The van der Waals surface area contributed by atoms with Gasteiger partial charge in [-0.25, -0.2) is 0 Å². The second kappa shape index (κ2) is 8.79. The number of benzene rings is 3. The van der Waals surface area contributed by atoms with Crippen LogP contribution in [-0.4, -0.2) is 20.8 Å². The molecule has 0 unspecified atom stereocenters. The van der Waals surface area contributed by atoms with E-state index in [1.165, 1.54) is 0 Å². The monoisotopic (exact) mass is 371 g/mol. The summed E-state index contributed by atoms with van der Waals surface area (Å²) in [6.45, 7) is 4.10. The maximum Gasteiger partial charge on any atom is 0.161 e. The number of ether oxygens (including phenoxy) is 3. The molecule has 28 heavy (non-hydrogen) atoms. The zero-order valence-corrected chi connectivity index (χ0v) is 15.9. The van der Waals surface area contributed by atoms with Gasteiger partial charge < -0.3 is 14.2 Å². The molecule has 0 saturated heterocycles. The average molecular weight is 371 g/mol. The molecule has 4 nitrogen and oxygen atoms in total. The van der Waals surface area contributed by atoms with Gasteiger partial charge in [0.1, 0.15) is 12.4 Å². The smallest absolute Gasteiger partial charge is 0.161 e. The molecule has 0 radical (unpaired) electrons. The average Bonchev–Trinajstić information content (AvgIpc) is 2.75. The van der Waals surface area contributed by atoms with Gasteiger partial charge in [-0.05, 0) is 46.7 Å². The Balaban J connectivity index is 2.18. The zero-order chi connectivity index (χ0) is 19.9. The van der Waals surface area contributed by atoms with Crippen LogP contribution < -0.4 is 14.2 Å². The van der Waals surface area contributed by atoms with E-state index in [0.717, 1.165) is 21.9 Å². The number of fused-ring (bicyclic) bond motifs is 1. The SMILES string of the molecule is C=CCOc1ccc2ccccc2c1/C=C(\C#N)c1ccc(OC)c(OC)c1. The molecule has 0 aliphatic carbocycles. The maximum atomic E-state index is 9.82. The molecule has 0 spiro atoms. The predicted molar refractivity (Wildman–Crippen MR) is 113 cm³/mol. The van der Waals surface area contributed by atoms with E-state index in [0.29, 0.717) is 29.4 Å². The third-order valence-corrected chi connectivity index (χ3v) is 4.39. The zero-order valence-electron chi connectivity index (χ0n) is 15.9. The van der Waals surface area contributed by atoms with Crippen molar-refractivity contribution in [2.24, 2.45) is 0 Å². The molecule has 0 amide bonds. The molecule has 0 aromatic heterocycles. The van der Waals surface area contributed by atoms with E-state index in [4.69, 9.17) is 14.2 Å². The van der Waals surface area contributed by atoms with E-state index in [-0.39, 0.29) is 0 Å². The first-order valence-corrected chi connectivity index (χ1v) is 8.81. The standard InChI is InChI=1S/C24H21NO3/c1-4-13-28-22-11-9-17-7-5-6-8-20(17)21(22)14-19(16-25)18-10-12-23(26-2)24(15-18)27-3/h4-12,14-15H,1,13H2,2-3H3/b19-14+. The summed E-state index contributed by atoms with van der Waals surface area (Å²) in [6.07, 6.45) is 3.55. The molecule has 0 atom stereocenters. The normalized spacial score (nSPS) is 11.0. The number of rotatable bonds is 7. The summed E-state index contributed by atoms with van der Waals surface area (Å²) in [7, 11) is 3.15. The lowest BCUT2D eigenvalue weighted by atomic mass is 9.98. The van der Waals surface area contributed by atoms with Crippen molar-refractivity contribution in [1.29, 1.82) is 5.26 Å². The Labute approximate surface area is 164 Å². The van der Waals surface area contributed by atoms with Crippen LogP contribution in [0.2, 0.25) is 0 Å². The Hall–Kier alpha value is -3.71. The third kappa shape index (κ3) is 3.84. The van der Waals surface area contributed by atoms with Crippen molar-refractivity contribution < 1.29 is 14.2 Å². The molecule has 0 saturated carbocycles. The van der Waals surface area contributed by atoms with Crippen molar-refractivity contribution in [3.05, 3.63) is 78.4 Å². The first kappa shape index (κ1) is 19.1. The lowest BCUT2D eigenvalue weighted by Gasteiger charge is -2.12. The van der Waals surface area contributed by atoms with Crippen molar-refractivity contribution in [2.45, 2.75) is 0 Å². The molecule has 0 N–H and O–H groups in total. The molecule has 0 bridgehead atoms. The van der Waals surface area contributed by atoms with Gasteiger partial charge in [-0.2, -0.15) is 5.26 Å². The van der Waals surface area contributed by atoms with Gasteiger partial charge in [0.2, 0.25) is 0 Å². The third-order valence-electron chi connectivity index (χ3n) is 4.39. The summed E-state index contributed by atoms with van der Waals surface area (Å²) in [5, 5.41) is 11.9. The second-order valence-electron chi connectivity index (χ2n) is 6.04. The van der Waals surface area contributed by atoms with Crippen LogP contribution in [-0.2, 0) is 0 Å². The van der Waals surface area contributed by atoms with E-state index in [2.05, 4.69) is 12.6 Å². The highest BCUT2D eigenvalue weighted by molar-refractivity contribution is 6.00. The number of allylic oxidation sites excluding steroid dienone is 1. The fourth-order valence-corrected chi connectivity index (χ4v) is 3.03. The Morgan fingerprint density at radius 3 is 2.46 bits per heavy atom. The van der Waals surface area contributed by atoms with Crippen LogP contribution >= 0.6 is 0 Å². The van der Waals surface area contributed by atoms with Gasteiger partial charge in [-0.3, -0.25) is 0 Å². The maximum absolute atomic E-state index is 9.82. The van der Waals surface area contributed by atoms with Gasteiger partial charge in [0.15, 0.2) is 11.5 Å². The number of nitrogens with zero attached hydrogens (tertiary/aromatic N) is 1. The first-order valence-electron chi connectivity index (χ1n) is 8.81. The van der Waals surface area contributed by atoms with Crippen LogP contribution in [0.15, 0.2) is 67.3 Å². The van der Waals surface area contributed by atoms with Crippen LogP contribution in [0.25, 0.3) is 22.4 Å². The van der Waals surface area contributed by atoms with Crippen LogP contribution in [0.4, 0.5) is 0 Å². The van der Waals surface area contributed by atoms with Crippen molar-refractivity contribution in [1.82, 2.24) is 0 Å². The summed E-state index contributed by atoms with van der Waals surface area (Å²) >= 11 is 0. The van der Waals surface area contributed by atoms with Crippen molar-refractivity contribution >= 4 is 22.4 Å².